The highest BCUT2D eigenvalue weighted by Crippen LogP contribution is 2.52. The normalized spacial score (nSPS) is 16.9. The van der Waals surface area contributed by atoms with Gasteiger partial charge in [0.1, 0.15) is 0 Å². The van der Waals surface area contributed by atoms with E-state index >= 15 is 4.57 Å². The zero-order chi connectivity index (χ0) is 28.0. The van der Waals surface area contributed by atoms with Gasteiger partial charge in [-0.2, -0.15) is 0 Å². The monoisotopic (exact) mass is 549 g/mol. The molecule has 1 aromatic heterocycles. The molecule has 1 aliphatic heterocycles. The van der Waals surface area contributed by atoms with Gasteiger partial charge in [-0.05, 0) is 17.2 Å². The maximum atomic E-state index is 15.5. The summed E-state index contributed by atoms with van der Waals surface area (Å²) >= 11 is 0. The lowest BCUT2D eigenvalue weighted by atomic mass is 9.77. The quantitative estimate of drug-likeness (QED) is 0.219. The van der Waals surface area contributed by atoms with Crippen LogP contribution in [0.5, 0.6) is 0 Å². The second kappa shape index (κ2) is 9.76. The van der Waals surface area contributed by atoms with E-state index in [-0.39, 0.29) is 5.41 Å². The summed E-state index contributed by atoms with van der Waals surface area (Å²) in [5.41, 5.74) is 4.48. The van der Waals surface area contributed by atoms with Gasteiger partial charge >= 0.3 is 0 Å². The molecule has 41 heavy (non-hydrogen) atoms. The van der Waals surface area contributed by atoms with Crippen molar-refractivity contribution < 1.29 is 4.57 Å². The molecule has 7 rings (SSSR count). The lowest BCUT2D eigenvalue weighted by molar-refractivity contribution is 0.586. The first kappa shape index (κ1) is 25.3. The van der Waals surface area contributed by atoms with E-state index in [1.54, 1.807) is 0 Å². The fourth-order valence-electron chi connectivity index (χ4n) is 5.87. The summed E-state index contributed by atoms with van der Waals surface area (Å²) in [5.74, 6) is 1.75. The van der Waals surface area contributed by atoms with E-state index < -0.39 is 7.14 Å². The number of rotatable bonds is 4. The second-order valence-electron chi connectivity index (χ2n) is 10.9. The van der Waals surface area contributed by atoms with E-state index in [1.807, 2.05) is 109 Å². The molecule has 5 heteroatoms. The summed E-state index contributed by atoms with van der Waals surface area (Å²) in [7, 11) is -3.18. The van der Waals surface area contributed by atoms with Gasteiger partial charge in [-0.25, -0.2) is 15.0 Å². The van der Waals surface area contributed by atoms with Crippen molar-refractivity contribution in [2.75, 3.05) is 0 Å². The maximum Gasteiger partial charge on any atom is 0.171 e. The van der Waals surface area contributed by atoms with Crippen molar-refractivity contribution in [3.05, 3.63) is 145 Å². The highest BCUT2D eigenvalue weighted by molar-refractivity contribution is 7.85. The van der Waals surface area contributed by atoms with Gasteiger partial charge in [0, 0.05) is 38.0 Å². The third kappa shape index (κ3) is 4.15. The van der Waals surface area contributed by atoms with Gasteiger partial charge in [0.15, 0.2) is 24.6 Å². The third-order valence-electron chi connectivity index (χ3n) is 8.00. The van der Waals surface area contributed by atoms with Crippen LogP contribution >= 0.6 is 7.14 Å². The van der Waals surface area contributed by atoms with Gasteiger partial charge in [-0.3, -0.25) is 0 Å². The lowest BCUT2D eigenvalue weighted by Gasteiger charge is -2.39. The number of fused-ring (bicyclic) bond motifs is 2. The van der Waals surface area contributed by atoms with Crippen LogP contribution in [0.3, 0.4) is 0 Å². The molecule has 0 N–H and O–H groups in total. The van der Waals surface area contributed by atoms with E-state index in [4.69, 9.17) is 15.0 Å². The second-order valence-corrected chi connectivity index (χ2v) is 13.6. The van der Waals surface area contributed by atoms with E-state index in [1.165, 1.54) is 0 Å². The Balaban J connectivity index is 1.49. The first-order valence-corrected chi connectivity index (χ1v) is 15.4. The zero-order valence-electron chi connectivity index (χ0n) is 22.9. The van der Waals surface area contributed by atoms with Crippen molar-refractivity contribution in [2.45, 2.75) is 19.3 Å². The molecule has 4 nitrogen and oxygen atoms in total. The first-order chi connectivity index (χ1) is 20.0. The molecule has 0 aliphatic carbocycles. The Hall–Kier alpha value is -4.66. The van der Waals surface area contributed by atoms with Gasteiger partial charge in [0.2, 0.25) is 0 Å². The lowest BCUT2D eigenvalue weighted by Crippen LogP contribution is -2.42. The first-order valence-electron chi connectivity index (χ1n) is 13.7. The Labute approximate surface area is 240 Å². The highest BCUT2D eigenvalue weighted by atomic mass is 31.2. The average Bonchev–Trinajstić information content (AvgIpc) is 3.04. The number of aromatic nitrogens is 3. The smallest absolute Gasteiger partial charge is 0.171 e. The number of nitrogens with zero attached hydrogens (tertiary/aromatic N) is 3. The van der Waals surface area contributed by atoms with Gasteiger partial charge in [-0.1, -0.05) is 141 Å². The minimum absolute atomic E-state index is 0.323. The molecule has 0 saturated heterocycles. The largest absolute Gasteiger partial charge is 0.309 e. The standard InChI is InChI=1S/C36H28N3OP/c1-36(2)29-20-12-13-21-31(29)41(40,28-18-10-5-11-19-28)32-24-27(22-23-30(32)36)35-38-33(25-14-6-3-7-15-25)37-34(39-35)26-16-8-4-9-17-26/h3-24H,1-2H3. The Morgan fingerprint density at radius 2 is 0.951 bits per heavy atom. The molecule has 6 aromatic rings. The van der Waals surface area contributed by atoms with Gasteiger partial charge < -0.3 is 4.57 Å². The van der Waals surface area contributed by atoms with Crippen LogP contribution in [0, 0.1) is 0 Å². The number of benzene rings is 5. The summed E-state index contributed by atoms with van der Waals surface area (Å²) in [6.45, 7) is 4.42. The van der Waals surface area contributed by atoms with Crippen molar-refractivity contribution >= 4 is 23.1 Å². The molecule has 2 heterocycles. The maximum absolute atomic E-state index is 15.5. The number of hydrogen-bond donors (Lipinski definition) is 0. The molecule has 0 saturated carbocycles. The van der Waals surface area contributed by atoms with Crippen LogP contribution in [-0.4, -0.2) is 15.0 Å². The van der Waals surface area contributed by atoms with Crippen LogP contribution in [0.4, 0.5) is 0 Å². The van der Waals surface area contributed by atoms with Crippen molar-refractivity contribution in [3.8, 4) is 34.2 Å². The van der Waals surface area contributed by atoms with Crippen molar-refractivity contribution in [1.29, 1.82) is 0 Å². The Morgan fingerprint density at radius 1 is 0.488 bits per heavy atom. The van der Waals surface area contributed by atoms with Crippen LogP contribution in [0.2, 0.25) is 0 Å². The SMILES string of the molecule is CC1(C)c2ccccc2P(=O)(c2ccccc2)c2cc(-c3nc(-c4ccccc4)nc(-c4ccccc4)n3)ccc21. The van der Waals surface area contributed by atoms with Gasteiger partial charge in [0.05, 0.1) is 0 Å². The molecular formula is C36H28N3OP. The molecule has 1 unspecified atom stereocenters. The Morgan fingerprint density at radius 3 is 1.54 bits per heavy atom. The number of hydrogen-bond acceptors (Lipinski definition) is 4. The minimum atomic E-state index is -3.18. The summed E-state index contributed by atoms with van der Waals surface area (Å²) < 4.78 is 15.5. The highest BCUT2D eigenvalue weighted by Gasteiger charge is 2.44. The Bertz CT molecular complexity index is 1880. The molecule has 1 atom stereocenters. The molecule has 198 valence electrons. The topological polar surface area (TPSA) is 55.7 Å². The third-order valence-corrected chi connectivity index (χ3v) is 11.1. The predicted molar refractivity (Wildman–Crippen MR) is 168 cm³/mol. The Kier molecular flexibility index (Phi) is 6.03. The van der Waals surface area contributed by atoms with Crippen LogP contribution < -0.4 is 15.9 Å². The van der Waals surface area contributed by atoms with Crippen LogP contribution in [0.15, 0.2) is 133 Å². The zero-order valence-corrected chi connectivity index (χ0v) is 23.8. The van der Waals surface area contributed by atoms with Crippen LogP contribution in [0.25, 0.3) is 34.2 Å². The molecule has 0 radical (unpaired) electrons. The van der Waals surface area contributed by atoms with Crippen molar-refractivity contribution in [3.63, 3.8) is 0 Å². The van der Waals surface area contributed by atoms with Crippen molar-refractivity contribution in [2.24, 2.45) is 0 Å². The van der Waals surface area contributed by atoms with E-state index in [0.717, 1.165) is 43.7 Å². The predicted octanol–water partition coefficient (Wildman–Crippen LogP) is 7.15. The van der Waals surface area contributed by atoms with Crippen LogP contribution in [-0.2, 0) is 9.98 Å². The molecule has 0 amide bonds. The van der Waals surface area contributed by atoms with E-state index in [0.29, 0.717) is 17.5 Å². The van der Waals surface area contributed by atoms with Crippen molar-refractivity contribution in [1.82, 2.24) is 15.0 Å². The average molecular weight is 550 g/mol. The van der Waals surface area contributed by atoms with Gasteiger partial charge in [-0.15, -0.1) is 0 Å². The molecule has 0 fully saturated rings. The van der Waals surface area contributed by atoms with Crippen LogP contribution in [0.1, 0.15) is 25.0 Å². The summed E-state index contributed by atoms with van der Waals surface area (Å²) in [6.07, 6.45) is 0. The molecular weight excluding hydrogens is 521 g/mol. The van der Waals surface area contributed by atoms with E-state index in [9.17, 15) is 0 Å². The summed E-state index contributed by atoms with van der Waals surface area (Å²) in [6, 6.07) is 44.2. The van der Waals surface area contributed by atoms with Gasteiger partial charge in [0.25, 0.3) is 0 Å². The summed E-state index contributed by atoms with van der Waals surface area (Å²) in [5, 5.41) is 2.56. The van der Waals surface area contributed by atoms with E-state index in [2.05, 4.69) is 38.1 Å². The fourth-order valence-corrected chi connectivity index (χ4v) is 9.28. The molecule has 0 spiro atoms. The fraction of sp³-hybridized carbons (Fsp3) is 0.0833. The minimum Gasteiger partial charge on any atom is -0.309 e. The molecule has 1 aliphatic rings. The molecule has 0 bridgehead atoms. The molecule has 5 aromatic carbocycles. The summed E-state index contributed by atoms with van der Waals surface area (Å²) in [4.78, 5) is 14.7.